The summed E-state index contributed by atoms with van der Waals surface area (Å²) in [4.78, 5) is 18.0. The zero-order valence-electron chi connectivity index (χ0n) is 11.8. The molecule has 1 aromatic heterocycles. The summed E-state index contributed by atoms with van der Waals surface area (Å²) in [7, 11) is 0. The second kappa shape index (κ2) is 6.31. The van der Waals surface area contributed by atoms with Gasteiger partial charge in [-0.3, -0.25) is 4.57 Å². The van der Waals surface area contributed by atoms with Gasteiger partial charge in [0.05, 0.1) is 0 Å². The molecule has 0 bridgehead atoms. The predicted octanol–water partition coefficient (Wildman–Crippen LogP) is 3.46. The minimum absolute atomic E-state index is 0.0254. The molecule has 1 aliphatic heterocycles. The number of piperidine rings is 1. The number of hydrogen-bond acceptors (Lipinski definition) is 2. The predicted molar refractivity (Wildman–Crippen MR) is 82.5 cm³/mol. The van der Waals surface area contributed by atoms with Crippen molar-refractivity contribution in [2.45, 2.75) is 19.3 Å². The Labute approximate surface area is 129 Å². The first-order valence-corrected chi connectivity index (χ1v) is 7.62. The van der Waals surface area contributed by atoms with Crippen LogP contribution in [0.2, 0.25) is 5.02 Å². The van der Waals surface area contributed by atoms with Crippen LogP contribution in [0.3, 0.4) is 0 Å². The highest BCUT2D eigenvalue weighted by Gasteiger charge is 2.23. The fraction of sp³-hybridized carbons (Fsp3) is 0.375. The first kappa shape index (κ1) is 14.1. The first-order chi connectivity index (χ1) is 10.2. The normalized spacial score (nSPS) is 16.1. The molecule has 1 aromatic carbocycles. The van der Waals surface area contributed by atoms with Gasteiger partial charge in [-0.1, -0.05) is 23.7 Å². The average Bonchev–Trinajstić information content (AvgIpc) is 3.04. The van der Waals surface area contributed by atoms with Crippen molar-refractivity contribution >= 4 is 17.6 Å². The Hall–Kier alpha value is -1.81. The third-order valence-electron chi connectivity index (χ3n) is 4.05. The van der Waals surface area contributed by atoms with Crippen LogP contribution < -0.4 is 0 Å². The van der Waals surface area contributed by atoms with Crippen LogP contribution in [-0.2, 0) is 6.42 Å². The van der Waals surface area contributed by atoms with E-state index in [9.17, 15) is 4.79 Å². The summed E-state index contributed by atoms with van der Waals surface area (Å²) >= 11 is 5.91. The van der Waals surface area contributed by atoms with Crippen LogP contribution in [0.4, 0.5) is 4.79 Å². The van der Waals surface area contributed by atoms with Crippen molar-refractivity contribution < 1.29 is 4.79 Å². The second-order valence-corrected chi connectivity index (χ2v) is 5.95. The Balaban J connectivity index is 1.53. The highest BCUT2D eigenvalue weighted by molar-refractivity contribution is 6.30. The molecule has 0 atom stereocenters. The number of nitrogens with zero attached hydrogens (tertiary/aromatic N) is 3. The maximum atomic E-state index is 12.2. The van der Waals surface area contributed by atoms with Crippen LogP contribution in [0.25, 0.3) is 0 Å². The summed E-state index contributed by atoms with van der Waals surface area (Å²) in [6.07, 6.45) is 8.03. The molecular formula is C16H18ClN3O. The van der Waals surface area contributed by atoms with E-state index in [2.05, 4.69) is 17.1 Å². The molecule has 0 spiro atoms. The second-order valence-electron chi connectivity index (χ2n) is 5.51. The zero-order valence-corrected chi connectivity index (χ0v) is 12.5. The van der Waals surface area contributed by atoms with E-state index in [0.717, 1.165) is 37.4 Å². The monoisotopic (exact) mass is 303 g/mol. The minimum atomic E-state index is 0.0254. The highest BCUT2D eigenvalue weighted by Crippen LogP contribution is 2.23. The molecule has 0 saturated carbocycles. The lowest BCUT2D eigenvalue weighted by molar-refractivity contribution is 0.172. The maximum Gasteiger partial charge on any atom is 0.329 e. The topological polar surface area (TPSA) is 38.1 Å². The number of halogens is 1. The lowest BCUT2D eigenvalue weighted by atomic mass is 9.90. The molecule has 110 valence electrons. The van der Waals surface area contributed by atoms with Gasteiger partial charge in [-0.2, -0.15) is 0 Å². The lowest BCUT2D eigenvalue weighted by Crippen LogP contribution is -2.40. The Kier molecular flexibility index (Phi) is 4.25. The molecule has 4 nitrogen and oxygen atoms in total. The van der Waals surface area contributed by atoms with E-state index in [-0.39, 0.29) is 6.03 Å². The van der Waals surface area contributed by atoms with Gasteiger partial charge >= 0.3 is 6.03 Å². The number of amides is 1. The first-order valence-electron chi connectivity index (χ1n) is 7.24. The van der Waals surface area contributed by atoms with Gasteiger partial charge in [-0.25, -0.2) is 9.78 Å². The number of carbonyl (C=O) groups is 1. The number of hydrogen-bond donors (Lipinski definition) is 0. The van der Waals surface area contributed by atoms with Crippen LogP contribution in [0.1, 0.15) is 18.4 Å². The molecule has 5 heteroatoms. The Morgan fingerprint density at radius 1 is 1.24 bits per heavy atom. The third-order valence-corrected chi connectivity index (χ3v) is 4.30. The van der Waals surface area contributed by atoms with E-state index < -0.39 is 0 Å². The molecular weight excluding hydrogens is 286 g/mol. The van der Waals surface area contributed by atoms with Gasteiger partial charge in [0.15, 0.2) is 0 Å². The van der Waals surface area contributed by atoms with E-state index >= 15 is 0 Å². The van der Waals surface area contributed by atoms with Crippen molar-refractivity contribution in [1.29, 1.82) is 0 Å². The number of benzene rings is 1. The van der Waals surface area contributed by atoms with Gasteiger partial charge in [0.1, 0.15) is 6.33 Å². The van der Waals surface area contributed by atoms with E-state index in [1.165, 1.54) is 5.56 Å². The fourth-order valence-electron chi connectivity index (χ4n) is 2.82. The number of imidazole rings is 1. The van der Waals surface area contributed by atoms with Gasteiger partial charge in [0.25, 0.3) is 0 Å². The van der Waals surface area contributed by atoms with Crippen molar-refractivity contribution in [1.82, 2.24) is 14.5 Å². The molecule has 1 fully saturated rings. The summed E-state index contributed by atoms with van der Waals surface area (Å²) in [6.45, 7) is 1.63. The maximum absolute atomic E-state index is 12.2. The lowest BCUT2D eigenvalue weighted by Gasteiger charge is -2.32. The van der Waals surface area contributed by atoms with Gasteiger partial charge in [0.2, 0.25) is 0 Å². The smallest absolute Gasteiger partial charge is 0.324 e. The summed E-state index contributed by atoms with van der Waals surface area (Å²) in [5, 5.41) is 0.777. The molecule has 0 radical (unpaired) electrons. The fourth-order valence-corrected chi connectivity index (χ4v) is 2.94. The SMILES string of the molecule is O=C(N1CCC(Cc2ccc(Cl)cc2)CC1)n1ccnc1. The largest absolute Gasteiger partial charge is 0.329 e. The highest BCUT2D eigenvalue weighted by atomic mass is 35.5. The van der Waals surface area contributed by atoms with Crippen LogP contribution in [0, 0.1) is 5.92 Å². The van der Waals surface area contributed by atoms with Crippen LogP contribution in [-0.4, -0.2) is 33.6 Å². The van der Waals surface area contributed by atoms with Crippen LogP contribution in [0.15, 0.2) is 43.0 Å². The van der Waals surface area contributed by atoms with Gasteiger partial charge in [0, 0.05) is 30.5 Å². The third kappa shape index (κ3) is 3.45. The van der Waals surface area contributed by atoms with Crippen LogP contribution in [0.5, 0.6) is 0 Å². The molecule has 1 aliphatic rings. The Bertz CT molecular complexity index is 586. The van der Waals surface area contributed by atoms with E-state index in [0.29, 0.717) is 5.92 Å². The molecule has 0 unspecified atom stereocenters. The standard InChI is InChI=1S/C16H18ClN3O/c17-15-3-1-13(2-4-15)11-14-5-8-19(9-6-14)16(21)20-10-7-18-12-20/h1-4,7,10,12,14H,5-6,8-9,11H2. The van der Waals surface area contributed by atoms with Crippen molar-refractivity contribution in [2.75, 3.05) is 13.1 Å². The molecule has 3 rings (SSSR count). The van der Waals surface area contributed by atoms with Gasteiger partial charge in [-0.15, -0.1) is 0 Å². The molecule has 2 heterocycles. The van der Waals surface area contributed by atoms with Crippen LogP contribution >= 0.6 is 11.6 Å². The van der Waals surface area contributed by atoms with Gasteiger partial charge < -0.3 is 4.90 Å². The summed E-state index contributed by atoms with van der Waals surface area (Å²) in [6, 6.07) is 8.08. The van der Waals surface area contributed by atoms with E-state index in [1.807, 2.05) is 17.0 Å². The zero-order chi connectivity index (χ0) is 14.7. The Morgan fingerprint density at radius 3 is 2.57 bits per heavy atom. The van der Waals surface area contributed by atoms with Crippen molar-refractivity contribution in [3.63, 3.8) is 0 Å². The molecule has 2 aromatic rings. The van der Waals surface area contributed by atoms with Crippen molar-refractivity contribution in [3.8, 4) is 0 Å². The summed E-state index contributed by atoms with van der Waals surface area (Å²) < 4.78 is 1.54. The van der Waals surface area contributed by atoms with E-state index in [4.69, 9.17) is 11.6 Å². The van der Waals surface area contributed by atoms with Crippen molar-refractivity contribution in [3.05, 3.63) is 53.6 Å². The average molecular weight is 304 g/mol. The summed E-state index contributed by atoms with van der Waals surface area (Å²) in [5.41, 5.74) is 1.32. The molecule has 1 saturated heterocycles. The molecule has 0 N–H and O–H groups in total. The Morgan fingerprint density at radius 2 is 1.95 bits per heavy atom. The minimum Gasteiger partial charge on any atom is -0.324 e. The molecule has 1 amide bonds. The number of rotatable bonds is 2. The quantitative estimate of drug-likeness (QED) is 0.852. The molecule has 21 heavy (non-hydrogen) atoms. The van der Waals surface area contributed by atoms with Gasteiger partial charge in [-0.05, 0) is 42.9 Å². The van der Waals surface area contributed by atoms with E-state index in [1.54, 1.807) is 23.3 Å². The number of carbonyl (C=O) groups excluding carboxylic acids is 1. The van der Waals surface area contributed by atoms with Crippen molar-refractivity contribution in [2.24, 2.45) is 5.92 Å². The number of aromatic nitrogens is 2. The summed E-state index contributed by atoms with van der Waals surface area (Å²) in [5.74, 6) is 0.637. The number of likely N-dealkylation sites (tertiary alicyclic amines) is 1. The molecule has 0 aliphatic carbocycles.